The Labute approximate surface area is 112 Å². The van der Waals surface area contributed by atoms with Crippen molar-refractivity contribution in [2.45, 2.75) is 40.3 Å². The molecule has 0 spiro atoms. The quantitative estimate of drug-likeness (QED) is 0.783. The highest BCUT2D eigenvalue weighted by Gasteiger charge is 2.38. The predicted octanol–water partition coefficient (Wildman–Crippen LogP) is 1.13. The molecular weight excluding hydrogens is 246 g/mol. The molecule has 0 aliphatic carbocycles. The van der Waals surface area contributed by atoms with E-state index in [-0.39, 0.29) is 6.04 Å². The van der Waals surface area contributed by atoms with E-state index in [0.29, 0.717) is 6.54 Å². The van der Waals surface area contributed by atoms with E-state index in [1.54, 1.807) is 43.9 Å². The molecule has 2 atom stereocenters. The second-order valence-corrected chi connectivity index (χ2v) is 5.78. The van der Waals surface area contributed by atoms with Crippen LogP contribution in [0.3, 0.4) is 0 Å². The fourth-order valence-electron chi connectivity index (χ4n) is 1.94. The number of aliphatic carboxylic acids is 1. The number of carbonyl (C=O) groups excluding carboxylic acids is 1. The molecule has 106 valence electrons. The highest BCUT2D eigenvalue weighted by molar-refractivity contribution is 5.97. The highest BCUT2D eigenvalue weighted by atomic mass is 16.4. The molecule has 2 unspecified atom stereocenters. The summed E-state index contributed by atoms with van der Waals surface area (Å²) >= 11 is 0. The molecule has 1 heterocycles. The number of nitrogens with zero attached hydrogens (tertiary/aromatic N) is 2. The van der Waals surface area contributed by atoms with Gasteiger partial charge in [0, 0.05) is 18.4 Å². The molecule has 1 aromatic rings. The molecule has 1 amide bonds. The summed E-state index contributed by atoms with van der Waals surface area (Å²) in [6.07, 6.45) is 3.45. The molecule has 1 rings (SSSR count). The lowest BCUT2D eigenvalue weighted by Gasteiger charge is -2.27. The van der Waals surface area contributed by atoms with Crippen LogP contribution in [-0.2, 0) is 16.1 Å². The molecular formula is C13H21N3O3. The SMILES string of the molecule is CC(Cn1cccn1)NC(=O)C(C(=O)O)C(C)(C)C. The zero-order chi connectivity index (χ0) is 14.6. The van der Waals surface area contributed by atoms with Gasteiger partial charge in [0.2, 0.25) is 5.91 Å². The summed E-state index contributed by atoms with van der Waals surface area (Å²) in [4.78, 5) is 23.3. The zero-order valence-electron chi connectivity index (χ0n) is 11.8. The molecule has 0 aliphatic heterocycles. The minimum Gasteiger partial charge on any atom is -0.481 e. The Bertz CT molecular complexity index is 434. The molecule has 0 saturated carbocycles. The second kappa shape index (κ2) is 5.86. The average molecular weight is 267 g/mol. The minimum absolute atomic E-state index is 0.184. The van der Waals surface area contributed by atoms with Crippen LogP contribution >= 0.6 is 0 Å². The Hall–Kier alpha value is -1.85. The lowest BCUT2D eigenvalue weighted by atomic mass is 9.80. The minimum atomic E-state index is -1.10. The predicted molar refractivity (Wildman–Crippen MR) is 70.4 cm³/mol. The number of rotatable bonds is 5. The standard InChI is InChI=1S/C13H21N3O3/c1-9(8-16-7-5-6-14-16)15-11(17)10(12(18)19)13(2,3)4/h5-7,9-10H,8H2,1-4H3,(H,15,17)(H,18,19). The van der Waals surface area contributed by atoms with Crippen molar-refractivity contribution in [3.05, 3.63) is 18.5 Å². The smallest absolute Gasteiger partial charge is 0.316 e. The third-order valence-corrected chi connectivity index (χ3v) is 2.78. The Morgan fingerprint density at radius 3 is 2.47 bits per heavy atom. The number of carboxylic acid groups (broad SMARTS) is 1. The van der Waals surface area contributed by atoms with E-state index in [4.69, 9.17) is 0 Å². The molecule has 6 heteroatoms. The maximum absolute atomic E-state index is 12.0. The van der Waals surface area contributed by atoms with Gasteiger partial charge in [0.25, 0.3) is 0 Å². The van der Waals surface area contributed by atoms with Crippen LogP contribution in [0.2, 0.25) is 0 Å². The van der Waals surface area contributed by atoms with Crippen molar-refractivity contribution in [2.75, 3.05) is 0 Å². The Morgan fingerprint density at radius 2 is 2.05 bits per heavy atom. The number of aromatic nitrogens is 2. The van der Waals surface area contributed by atoms with Crippen molar-refractivity contribution in [1.29, 1.82) is 0 Å². The van der Waals surface area contributed by atoms with Gasteiger partial charge in [-0.05, 0) is 18.4 Å². The summed E-state index contributed by atoms with van der Waals surface area (Å²) in [6.45, 7) is 7.55. The van der Waals surface area contributed by atoms with E-state index in [1.165, 1.54) is 0 Å². The fraction of sp³-hybridized carbons (Fsp3) is 0.615. The van der Waals surface area contributed by atoms with Gasteiger partial charge in [-0.3, -0.25) is 14.3 Å². The molecule has 0 bridgehead atoms. The van der Waals surface area contributed by atoms with Crippen molar-refractivity contribution in [2.24, 2.45) is 11.3 Å². The van der Waals surface area contributed by atoms with Gasteiger partial charge < -0.3 is 10.4 Å². The zero-order valence-corrected chi connectivity index (χ0v) is 11.8. The van der Waals surface area contributed by atoms with E-state index < -0.39 is 23.2 Å². The maximum atomic E-state index is 12.0. The van der Waals surface area contributed by atoms with Gasteiger partial charge in [-0.1, -0.05) is 20.8 Å². The van der Waals surface area contributed by atoms with Gasteiger partial charge in [-0.25, -0.2) is 0 Å². The maximum Gasteiger partial charge on any atom is 0.316 e. The van der Waals surface area contributed by atoms with E-state index in [0.717, 1.165) is 0 Å². The normalized spacial score (nSPS) is 14.7. The molecule has 0 aromatic carbocycles. The first-order chi connectivity index (χ1) is 8.71. The summed E-state index contributed by atoms with van der Waals surface area (Å²) in [7, 11) is 0. The molecule has 19 heavy (non-hydrogen) atoms. The van der Waals surface area contributed by atoms with Gasteiger partial charge in [-0.2, -0.15) is 5.10 Å². The Morgan fingerprint density at radius 1 is 1.42 bits per heavy atom. The van der Waals surface area contributed by atoms with E-state index in [2.05, 4.69) is 10.4 Å². The van der Waals surface area contributed by atoms with Crippen LogP contribution in [0.25, 0.3) is 0 Å². The summed E-state index contributed by atoms with van der Waals surface area (Å²) in [5, 5.41) is 15.9. The average Bonchev–Trinajstić information content (AvgIpc) is 2.66. The highest BCUT2D eigenvalue weighted by Crippen LogP contribution is 2.26. The van der Waals surface area contributed by atoms with Gasteiger partial charge >= 0.3 is 5.97 Å². The van der Waals surface area contributed by atoms with Crippen LogP contribution in [0.15, 0.2) is 18.5 Å². The van der Waals surface area contributed by atoms with Gasteiger partial charge in [0.15, 0.2) is 0 Å². The summed E-state index contributed by atoms with van der Waals surface area (Å²) < 4.78 is 1.69. The number of hydrogen-bond acceptors (Lipinski definition) is 3. The monoisotopic (exact) mass is 267 g/mol. The fourth-order valence-corrected chi connectivity index (χ4v) is 1.94. The Kier molecular flexibility index (Phi) is 4.69. The number of hydrogen-bond donors (Lipinski definition) is 2. The van der Waals surface area contributed by atoms with Gasteiger partial charge in [0.05, 0.1) is 6.54 Å². The van der Waals surface area contributed by atoms with Crippen molar-refractivity contribution >= 4 is 11.9 Å². The van der Waals surface area contributed by atoms with Gasteiger partial charge in [-0.15, -0.1) is 0 Å². The summed E-state index contributed by atoms with van der Waals surface area (Å²) in [5.74, 6) is -2.62. The number of amides is 1. The van der Waals surface area contributed by atoms with E-state index in [9.17, 15) is 14.7 Å². The first-order valence-corrected chi connectivity index (χ1v) is 6.22. The lowest BCUT2D eigenvalue weighted by Crippen LogP contribution is -2.46. The molecule has 0 fully saturated rings. The molecule has 1 aromatic heterocycles. The summed E-state index contributed by atoms with van der Waals surface area (Å²) in [6, 6.07) is 1.61. The second-order valence-electron chi connectivity index (χ2n) is 5.78. The van der Waals surface area contributed by atoms with Crippen LogP contribution in [0, 0.1) is 11.3 Å². The first kappa shape index (κ1) is 15.2. The van der Waals surface area contributed by atoms with Crippen molar-refractivity contribution in [3.63, 3.8) is 0 Å². The van der Waals surface area contributed by atoms with E-state index >= 15 is 0 Å². The third-order valence-electron chi connectivity index (χ3n) is 2.78. The van der Waals surface area contributed by atoms with Crippen LogP contribution in [-0.4, -0.2) is 32.8 Å². The van der Waals surface area contributed by atoms with Gasteiger partial charge in [0.1, 0.15) is 5.92 Å². The van der Waals surface area contributed by atoms with Crippen molar-refractivity contribution in [3.8, 4) is 0 Å². The third kappa shape index (κ3) is 4.39. The lowest BCUT2D eigenvalue weighted by molar-refractivity contribution is -0.151. The number of nitrogens with one attached hydrogen (secondary N) is 1. The molecule has 0 radical (unpaired) electrons. The van der Waals surface area contributed by atoms with Crippen molar-refractivity contribution < 1.29 is 14.7 Å². The number of carbonyl (C=O) groups is 2. The van der Waals surface area contributed by atoms with Crippen LogP contribution in [0.4, 0.5) is 0 Å². The molecule has 0 aliphatic rings. The van der Waals surface area contributed by atoms with Crippen molar-refractivity contribution in [1.82, 2.24) is 15.1 Å². The number of carboxylic acids is 1. The topological polar surface area (TPSA) is 84.2 Å². The largest absolute Gasteiger partial charge is 0.481 e. The van der Waals surface area contributed by atoms with Crippen LogP contribution in [0.5, 0.6) is 0 Å². The molecule has 6 nitrogen and oxygen atoms in total. The molecule has 2 N–H and O–H groups in total. The van der Waals surface area contributed by atoms with Crippen LogP contribution < -0.4 is 5.32 Å². The first-order valence-electron chi connectivity index (χ1n) is 6.22. The summed E-state index contributed by atoms with van der Waals surface area (Å²) in [5.41, 5.74) is -0.624. The van der Waals surface area contributed by atoms with E-state index in [1.807, 2.05) is 6.92 Å². The molecule has 0 saturated heterocycles. The Balaban J connectivity index is 2.64. The van der Waals surface area contributed by atoms with Crippen LogP contribution in [0.1, 0.15) is 27.7 Å².